The van der Waals surface area contributed by atoms with Crippen molar-refractivity contribution in [2.24, 2.45) is 0 Å². The molecule has 10 rings (SSSR count). The molecule has 0 saturated heterocycles. The highest BCUT2D eigenvalue weighted by Crippen LogP contribution is 2.23. The van der Waals surface area contributed by atoms with Gasteiger partial charge in [0.2, 0.25) is 0 Å². The number of aromatic nitrogens is 2. The third-order valence-corrected chi connectivity index (χ3v) is 10.9. The van der Waals surface area contributed by atoms with Crippen LogP contribution in [0.1, 0.15) is 33.4 Å². The Morgan fingerprint density at radius 3 is 0.809 bits per heavy atom. The summed E-state index contributed by atoms with van der Waals surface area (Å²) in [6, 6.07) is 71.7. The SMILES string of the molecule is Cc1ccc(-c2ccc(F)cc2)cc1.Cc1ccc(-c2cccc(C)c2)cc1.Cc1ccc(-c2cccc(F)c2)cc1.Cc1ccc(-c2ccncc2)cc1.Cc1cccc(-c2ccncc2)c1. The van der Waals surface area contributed by atoms with Crippen LogP contribution in [0.15, 0.2) is 243 Å². The van der Waals surface area contributed by atoms with Crippen molar-refractivity contribution in [1.29, 1.82) is 0 Å². The summed E-state index contributed by atoms with van der Waals surface area (Å²) >= 11 is 0. The van der Waals surface area contributed by atoms with E-state index >= 15 is 0 Å². The third kappa shape index (κ3) is 16.1. The average Bonchev–Trinajstić information content (AvgIpc) is 3.37. The van der Waals surface area contributed by atoms with Gasteiger partial charge in [-0.3, -0.25) is 9.97 Å². The molecule has 0 aliphatic rings. The summed E-state index contributed by atoms with van der Waals surface area (Å²) in [5.41, 5.74) is 19.3. The fraction of sp³-hybridized carbons (Fsp3) is 0.0938. The number of rotatable bonds is 5. The molecule has 0 radical (unpaired) electrons. The summed E-state index contributed by atoms with van der Waals surface area (Å²) in [5, 5.41) is 0. The van der Waals surface area contributed by atoms with E-state index in [1.54, 1.807) is 24.3 Å². The minimum Gasteiger partial charge on any atom is -0.265 e. The summed E-state index contributed by atoms with van der Waals surface area (Å²) in [6.45, 7) is 12.5. The standard InChI is InChI=1S/C14H14.2C13H11F.2C12H11N/c1-11-6-8-13(9-7-11)14-5-3-4-12(2)10-14;1-10-2-4-11(5-3-10)12-6-8-13(14)9-7-12;1-10-5-7-11(8-6-10)12-3-2-4-13(14)9-12;1-10-2-4-11(5-3-10)12-6-8-13-9-7-12;1-10-3-2-4-12(9-10)11-5-7-13-8-6-11/h3-10H,1-2H3;2*2-9H,1H3;2*2-9H,1H3. The molecule has 10 aromatic rings. The molecule has 338 valence electrons. The molecular formula is C64H58F2N2. The lowest BCUT2D eigenvalue weighted by atomic mass is 10.0. The van der Waals surface area contributed by atoms with E-state index < -0.39 is 0 Å². The summed E-state index contributed by atoms with van der Waals surface area (Å²) < 4.78 is 25.6. The highest BCUT2D eigenvalue weighted by atomic mass is 19.1. The van der Waals surface area contributed by atoms with Crippen molar-refractivity contribution in [1.82, 2.24) is 9.97 Å². The van der Waals surface area contributed by atoms with Crippen molar-refractivity contribution in [3.8, 4) is 55.6 Å². The molecule has 0 spiro atoms. The van der Waals surface area contributed by atoms with Gasteiger partial charge >= 0.3 is 0 Å². The van der Waals surface area contributed by atoms with Gasteiger partial charge in [-0.2, -0.15) is 0 Å². The molecule has 0 fully saturated rings. The lowest BCUT2D eigenvalue weighted by Crippen LogP contribution is -1.80. The van der Waals surface area contributed by atoms with Gasteiger partial charge in [0.1, 0.15) is 11.6 Å². The van der Waals surface area contributed by atoms with Crippen LogP contribution in [-0.2, 0) is 0 Å². The Bertz CT molecular complexity index is 2890. The molecule has 0 bridgehead atoms. The number of benzene rings is 8. The van der Waals surface area contributed by atoms with Crippen molar-refractivity contribution in [2.75, 3.05) is 0 Å². The van der Waals surface area contributed by atoms with Crippen LogP contribution < -0.4 is 0 Å². The third-order valence-electron chi connectivity index (χ3n) is 10.9. The van der Waals surface area contributed by atoms with Crippen LogP contribution in [0.5, 0.6) is 0 Å². The van der Waals surface area contributed by atoms with Crippen molar-refractivity contribution < 1.29 is 8.78 Å². The molecule has 2 heterocycles. The number of hydrogen-bond donors (Lipinski definition) is 0. The van der Waals surface area contributed by atoms with Crippen molar-refractivity contribution in [3.05, 3.63) is 288 Å². The zero-order chi connectivity index (χ0) is 48.1. The second-order valence-corrected chi connectivity index (χ2v) is 16.7. The Morgan fingerprint density at radius 1 is 0.221 bits per heavy atom. The first-order valence-corrected chi connectivity index (χ1v) is 22.7. The zero-order valence-corrected chi connectivity index (χ0v) is 39.7. The number of pyridine rings is 2. The molecule has 0 aliphatic carbocycles. The molecule has 68 heavy (non-hydrogen) atoms. The quantitative estimate of drug-likeness (QED) is 0.172. The van der Waals surface area contributed by atoms with Crippen LogP contribution >= 0.6 is 0 Å². The topological polar surface area (TPSA) is 25.8 Å². The van der Waals surface area contributed by atoms with Gasteiger partial charge in [-0.15, -0.1) is 0 Å². The molecular weight excluding hydrogens is 835 g/mol. The number of hydrogen-bond acceptors (Lipinski definition) is 2. The van der Waals surface area contributed by atoms with Crippen LogP contribution in [0.25, 0.3) is 55.6 Å². The van der Waals surface area contributed by atoms with Gasteiger partial charge in [-0.1, -0.05) is 203 Å². The maximum Gasteiger partial charge on any atom is 0.123 e. The van der Waals surface area contributed by atoms with Gasteiger partial charge in [0.25, 0.3) is 0 Å². The Kier molecular flexibility index (Phi) is 18.6. The van der Waals surface area contributed by atoms with E-state index in [1.807, 2.05) is 98.4 Å². The molecule has 0 aliphatic heterocycles. The van der Waals surface area contributed by atoms with Crippen LogP contribution in [-0.4, -0.2) is 9.97 Å². The predicted octanol–water partition coefficient (Wildman–Crippen LogP) is 17.7. The monoisotopic (exact) mass is 892 g/mol. The smallest absolute Gasteiger partial charge is 0.123 e. The van der Waals surface area contributed by atoms with E-state index in [9.17, 15) is 8.78 Å². The molecule has 0 saturated carbocycles. The number of halogens is 2. The molecule has 2 aromatic heterocycles. The molecule has 2 nitrogen and oxygen atoms in total. The van der Waals surface area contributed by atoms with Crippen LogP contribution in [0.2, 0.25) is 0 Å². The summed E-state index contributed by atoms with van der Waals surface area (Å²) in [4.78, 5) is 7.98. The van der Waals surface area contributed by atoms with Gasteiger partial charge in [0, 0.05) is 24.8 Å². The van der Waals surface area contributed by atoms with Gasteiger partial charge in [-0.05, 0) is 146 Å². The predicted molar refractivity (Wildman–Crippen MR) is 283 cm³/mol. The minimum atomic E-state index is -0.194. The van der Waals surface area contributed by atoms with E-state index in [0.717, 1.165) is 22.3 Å². The van der Waals surface area contributed by atoms with Crippen molar-refractivity contribution in [2.45, 2.75) is 41.5 Å². The highest BCUT2D eigenvalue weighted by molar-refractivity contribution is 5.67. The summed E-state index contributed by atoms with van der Waals surface area (Å²) in [6.07, 6.45) is 7.26. The van der Waals surface area contributed by atoms with Gasteiger partial charge in [0.05, 0.1) is 0 Å². The summed E-state index contributed by atoms with van der Waals surface area (Å²) in [7, 11) is 0. The van der Waals surface area contributed by atoms with Crippen LogP contribution in [0.4, 0.5) is 8.78 Å². The molecule has 0 amide bonds. The zero-order valence-electron chi connectivity index (χ0n) is 39.7. The maximum atomic E-state index is 12.9. The van der Waals surface area contributed by atoms with Gasteiger partial charge < -0.3 is 0 Å². The van der Waals surface area contributed by atoms with Crippen LogP contribution in [0.3, 0.4) is 0 Å². The first-order chi connectivity index (χ1) is 33.0. The second kappa shape index (κ2) is 25.6. The number of aryl methyl sites for hydroxylation is 6. The Morgan fingerprint density at radius 2 is 0.485 bits per heavy atom. The lowest BCUT2D eigenvalue weighted by molar-refractivity contribution is 0.627. The second-order valence-electron chi connectivity index (χ2n) is 16.7. The highest BCUT2D eigenvalue weighted by Gasteiger charge is 2.00. The van der Waals surface area contributed by atoms with Crippen molar-refractivity contribution in [3.63, 3.8) is 0 Å². The minimum absolute atomic E-state index is 0.192. The fourth-order valence-electron chi connectivity index (χ4n) is 7.03. The lowest BCUT2D eigenvalue weighted by Gasteiger charge is -2.02. The molecule has 0 unspecified atom stereocenters. The Hall–Kier alpha value is -8.08. The average molecular weight is 893 g/mol. The van der Waals surface area contributed by atoms with E-state index in [1.165, 1.54) is 85.0 Å². The van der Waals surface area contributed by atoms with E-state index in [4.69, 9.17) is 0 Å². The molecule has 4 heteroatoms. The van der Waals surface area contributed by atoms with Crippen molar-refractivity contribution >= 4 is 0 Å². The Balaban J connectivity index is 0.000000140. The van der Waals surface area contributed by atoms with Gasteiger partial charge in [0.15, 0.2) is 0 Å². The largest absolute Gasteiger partial charge is 0.265 e. The maximum absolute atomic E-state index is 12.9. The normalized spacial score (nSPS) is 10.1. The van der Waals surface area contributed by atoms with Crippen LogP contribution in [0, 0.1) is 53.2 Å². The molecule has 0 N–H and O–H groups in total. The number of nitrogens with zero attached hydrogens (tertiary/aromatic N) is 2. The fourth-order valence-corrected chi connectivity index (χ4v) is 7.03. The van der Waals surface area contributed by atoms with E-state index in [-0.39, 0.29) is 11.6 Å². The first kappa shape index (κ1) is 49.4. The molecule has 8 aromatic carbocycles. The van der Waals surface area contributed by atoms with E-state index in [2.05, 4.69) is 154 Å². The van der Waals surface area contributed by atoms with E-state index in [0.29, 0.717) is 0 Å². The van der Waals surface area contributed by atoms with Gasteiger partial charge in [-0.25, -0.2) is 8.78 Å². The molecule has 0 atom stereocenters. The Labute approximate surface area is 402 Å². The first-order valence-electron chi connectivity index (χ1n) is 22.7. The summed E-state index contributed by atoms with van der Waals surface area (Å²) in [5.74, 6) is -0.385.